The van der Waals surface area contributed by atoms with Gasteiger partial charge in [-0.15, -0.1) is 0 Å². The molecule has 7 nitrogen and oxygen atoms in total. The normalized spacial score (nSPS) is 24.6. The number of hydrogen-bond donors (Lipinski definition) is 1. The molecule has 5 rings (SSSR count). The molecule has 0 spiro atoms. The van der Waals surface area contributed by atoms with E-state index in [9.17, 15) is 53.8 Å². The van der Waals surface area contributed by atoms with Crippen LogP contribution in [0.2, 0.25) is 0 Å². The molecule has 1 N–H and O–H groups in total. The Hall–Kier alpha value is -3.20. The van der Waals surface area contributed by atoms with Gasteiger partial charge in [-0.2, -0.15) is 26.3 Å². The number of nitrogens with zero attached hydrogens (tertiary/aromatic N) is 1. The standard InChI is InChI=1S/C31H32F7NO6S/c32-24-11-13-25(14-12-24)46(43,44)28(15-16-39(18-28)26(40)20-3-5-21(6-4-20)27(41)42)22-7-9-23(10-8-22)29(30(33,34)35,31(36,37)38)45-17-19-1-2-19/h7-14,19-21H,1-6,15-18H2,(H,41,42)/t20?,21?,28-/m0/s1. The van der Waals surface area contributed by atoms with Crippen LogP contribution in [-0.4, -0.2) is 62.3 Å². The Balaban J connectivity index is 1.53. The quantitative estimate of drug-likeness (QED) is 0.245. The van der Waals surface area contributed by atoms with Crippen molar-refractivity contribution < 1.29 is 58.6 Å². The van der Waals surface area contributed by atoms with Gasteiger partial charge in [-0.25, -0.2) is 12.8 Å². The second kappa shape index (κ2) is 12.1. The van der Waals surface area contributed by atoms with E-state index >= 15 is 0 Å². The summed E-state index contributed by atoms with van der Waals surface area (Å²) < 4.78 is 130. The highest BCUT2D eigenvalue weighted by molar-refractivity contribution is 7.92. The van der Waals surface area contributed by atoms with Crippen molar-refractivity contribution in [1.29, 1.82) is 0 Å². The molecule has 1 amide bonds. The van der Waals surface area contributed by atoms with Crippen molar-refractivity contribution in [1.82, 2.24) is 4.90 Å². The van der Waals surface area contributed by atoms with E-state index < -0.39 is 86.7 Å². The second-order valence-corrected chi connectivity index (χ2v) is 14.6. The number of aliphatic carboxylic acids is 1. The monoisotopic (exact) mass is 679 g/mol. The molecule has 1 heterocycles. The third-order valence-electron chi connectivity index (χ3n) is 9.46. The maximum Gasteiger partial charge on any atom is 0.430 e. The lowest BCUT2D eigenvalue weighted by Crippen LogP contribution is -2.56. The van der Waals surface area contributed by atoms with Crippen molar-refractivity contribution in [2.75, 3.05) is 19.7 Å². The maximum absolute atomic E-state index is 14.3. The number of hydrogen-bond acceptors (Lipinski definition) is 5. The first-order valence-corrected chi connectivity index (χ1v) is 16.3. The van der Waals surface area contributed by atoms with Crippen LogP contribution in [0, 0.1) is 23.6 Å². The van der Waals surface area contributed by atoms with Crippen LogP contribution in [0.3, 0.4) is 0 Å². The van der Waals surface area contributed by atoms with Crippen LogP contribution in [-0.2, 0) is 34.5 Å². The van der Waals surface area contributed by atoms with E-state index in [2.05, 4.69) is 4.74 Å². The molecular formula is C31H32F7NO6S. The lowest BCUT2D eigenvalue weighted by Gasteiger charge is -2.38. The molecule has 3 fully saturated rings. The van der Waals surface area contributed by atoms with Crippen molar-refractivity contribution in [3.8, 4) is 0 Å². The van der Waals surface area contributed by atoms with Crippen molar-refractivity contribution >= 4 is 21.7 Å². The molecule has 1 saturated heterocycles. The van der Waals surface area contributed by atoms with Gasteiger partial charge in [0.25, 0.3) is 5.60 Å². The summed E-state index contributed by atoms with van der Waals surface area (Å²) in [7, 11) is -4.52. The number of carbonyl (C=O) groups excluding carboxylic acids is 1. The molecule has 1 aliphatic heterocycles. The topological polar surface area (TPSA) is 101 Å². The number of likely N-dealkylation sites (tertiary alicyclic amines) is 1. The Kier molecular flexibility index (Phi) is 8.99. The van der Waals surface area contributed by atoms with Gasteiger partial charge in [0.15, 0.2) is 9.84 Å². The molecule has 46 heavy (non-hydrogen) atoms. The molecule has 252 valence electrons. The first kappa shape index (κ1) is 34.1. The van der Waals surface area contributed by atoms with Gasteiger partial charge in [-0.05, 0) is 80.7 Å². The molecule has 0 unspecified atom stereocenters. The average molecular weight is 680 g/mol. The van der Waals surface area contributed by atoms with E-state index in [1.54, 1.807) is 0 Å². The van der Waals surface area contributed by atoms with Gasteiger partial charge in [-0.1, -0.05) is 24.3 Å². The summed E-state index contributed by atoms with van der Waals surface area (Å²) in [5.41, 5.74) is -6.07. The number of ether oxygens (including phenoxy) is 1. The highest BCUT2D eigenvalue weighted by Gasteiger charge is 2.73. The number of carboxylic acids is 1. The maximum atomic E-state index is 14.3. The molecule has 3 aliphatic rings. The summed E-state index contributed by atoms with van der Waals surface area (Å²) in [5.74, 6) is -3.75. The molecule has 15 heteroatoms. The summed E-state index contributed by atoms with van der Waals surface area (Å²) in [4.78, 5) is 25.8. The molecule has 0 radical (unpaired) electrons. The molecular weight excluding hydrogens is 647 g/mol. The van der Waals surface area contributed by atoms with Crippen molar-refractivity contribution in [3.05, 3.63) is 65.5 Å². The molecule has 2 aromatic carbocycles. The Morgan fingerprint density at radius 2 is 1.39 bits per heavy atom. The Bertz CT molecular complexity index is 1530. The fraction of sp³-hybridized carbons (Fsp3) is 0.548. The third-order valence-corrected chi connectivity index (χ3v) is 11.9. The van der Waals surface area contributed by atoms with Crippen LogP contribution in [0.15, 0.2) is 53.4 Å². The molecule has 2 aliphatic carbocycles. The highest BCUT2D eigenvalue weighted by Crippen LogP contribution is 2.54. The van der Waals surface area contributed by atoms with Crippen LogP contribution in [0.5, 0.6) is 0 Å². The van der Waals surface area contributed by atoms with E-state index in [-0.39, 0.29) is 49.1 Å². The number of amides is 1. The van der Waals surface area contributed by atoms with Crippen molar-refractivity contribution in [3.63, 3.8) is 0 Å². The van der Waals surface area contributed by atoms with Crippen LogP contribution in [0.4, 0.5) is 30.7 Å². The smallest absolute Gasteiger partial charge is 0.430 e. The van der Waals surface area contributed by atoms with Gasteiger partial charge >= 0.3 is 18.3 Å². The van der Waals surface area contributed by atoms with Gasteiger partial charge < -0.3 is 14.7 Å². The molecule has 2 saturated carbocycles. The number of alkyl halides is 6. The first-order valence-electron chi connectivity index (χ1n) is 14.8. The Morgan fingerprint density at radius 1 is 0.848 bits per heavy atom. The molecule has 0 aromatic heterocycles. The van der Waals surface area contributed by atoms with Gasteiger partial charge in [0.2, 0.25) is 5.91 Å². The number of benzene rings is 2. The van der Waals surface area contributed by atoms with E-state index in [0.717, 1.165) is 36.4 Å². The molecule has 2 aromatic rings. The van der Waals surface area contributed by atoms with E-state index in [1.165, 1.54) is 4.90 Å². The zero-order chi connectivity index (χ0) is 33.7. The number of carboxylic acid groups (broad SMARTS) is 1. The Labute approximate surface area is 260 Å². The second-order valence-electron chi connectivity index (χ2n) is 12.4. The highest BCUT2D eigenvalue weighted by atomic mass is 32.2. The zero-order valence-electron chi connectivity index (χ0n) is 24.4. The van der Waals surface area contributed by atoms with Gasteiger partial charge in [0.1, 0.15) is 10.6 Å². The third kappa shape index (κ3) is 6.00. The Morgan fingerprint density at radius 3 is 1.89 bits per heavy atom. The average Bonchev–Trinajstić information content (AvgIpc) is 3.70. The predicted octanol–water partition coefficient (Wildman–Crippen LogP) is 6.36. The lowest BCUT2D eigenvalue weighted by atomic mass is 9.81. The summed E-state index contributed by atoms with van der Waals surface area (Å²) in [6.07, 6.45) is -10.2. The minimum absolute atomic E-state index is 0.0978. The fourth-order valence-electron chi connectivity index (χ4n) is 6.54. The zero-order valence-corrected chi connectivity index (χ0v) is 25.2. The number of rotatable bonds is 9. The predicted molar refractivity (Wildman–Crippen MR) is 148 cm³/mol. The van der Waals surface area contributed by atoms with Crippen LogP contribution < -0.4 is 0 Å². The largest absolute Gasteiger partial charge is 0.481 e. The summed E-state index contributed by atoms with van der Waals surface area (Å²) >= 11 is 0. The summed E-state index contributed by atoms with van der Waals surface area (Å²) in [5, 5.41) is 9.28. The fourth-order valence-corrected chi connectivity index (χ4v) is 8.61. The summed E-state index contributed by atoms with van der Waals surface area (Å²) in [6, 6.07) is 6.70. The van der Waals surface area contributed by atoms with Crippen LogP contribution in [0.25, 0.3) is 0 Å². The van der Waals surface area contributed by atoms with Gasteiger partial charge in [0.05, 0.1) is 17.4 Å². The van der Waals surface area contributed by atoms with Crippen molar-refractivity contribution in [2.24, 2.45) is 17.8 Å². The number of sulfone groups is 1. The first-order chi connectivity index (χ1) is 21.4. The van der Waals surface area contributed by atoms with Gasteiger partial charge in [-0.3, -0.25) is 9.59 Å². The minimum Gasteiger partial charge on any atom is -0.481 e. The number of carbonyl (C=O) groups is 2. The van der Waals surface area contributed by atoms with E-state index in [0.29, 0.717) is 25.0 Å². The number of halogens is 7. The van der Waals surface area contributed by atoms with E-state index in [4.69, 9.17) is 0 Å². The van der Waals surface area contributed by atoms with Gasteiger partial charge in [0, 0.05) is 24.6 Å². The van der Waals surface area contributed by atoms with Crippen LogP contribution in [0.1, 0.15) is 56.1 Å². The minimum atomic E-state index is -5.91. The molecule has 0 bridgehead atoms. The van der Waals surface area contributed by atoms with Crippen LogP contribution >= 0.6 is 0 Å². The van der Waals surface area contributed by atoms with E-state index in [1.807, 2.05) is 0 Å². The molecule has 1 atom stereocenters. The lowest BCUT2D eigenvalue weighted by molar-refractivity contribution is -0.390. The van der Waals surface area contributed by atoms with Crippen molar-refractivity contribution in [2.45, 2.75) is 72.5 Å². The summed E-state index contributed by atoms with van der Waals surface area (Å²) in [6.45, 7) is -1.33. The SMILES string of the molecule is O=C(O)C1CCC(C(=O)N2CC[C@](c3ccc(C(OCC4CC4)(C(F)(F)F)C(F)(F)F)cc3)(S(=O)(=O)c3ccc(F)cc3)C2)CC1.